The highest BCUT2D eigenvalue weighted by Crippen LogP contribution is 2.28. The first-order chi connectivity index (χ1) is 8.90. The molecule has 1 heterocycles. The number of halogens is 2. The van der Waals surface area contributed by atoms with Crippen molar-refractivity contribution in [2.24, 2.45) is 0 Å². The molecule has 19 heavy (non-hydrogen) atoms. The van der Waals surface area contributed by atoms with Gasteiger partial charge >= 0.3 is 0 Å². The van der Waals surface area contributed by atoms with Crippen molar-refractivity contribution in [3.63, 3.8) is 0 Å². The summed E-state index contributed by atoms with van der Waals surface area (Å²) in [6, 6.07) is 4.65. The van der Waals surface area contributed by atoms with Crippen LogP contribution in [0.15, 0.2) is 22.7 Å². The van der Waals surface area contributed by atoms with Gasteiger partial charge in [-0.15, -0.1) is 0 Å². The molecule has 2 aromatic rings. The Balaban J connectivity index is 2.70. The van der Waals surface area contributed by atoms with Crippen molar-refractivity contribution in [2.45, 2.75) is 26.7 Å². The molecule has 0 aliphatic heterocycles. The first kappa shape index (κ1) is 14.3. The number of benzene rings is 1. The molecular weight excluding hydrogens is 327 g/mol. The molecule has 0 radical (unpaired) electrons. The van der Waals surface area contributed by atoms with Crippen LogP contribution in [0, 0.1) is 17.4 Å². The Bertz CT molecular complexity index is 680. The molecule has 0 spiro atoms. The Labute approximate surface area is 125 Å². The van der Waals surface area contributed by atoms with Crippen LogP contribution in [0.25, 0.3) is 11.4 Å². The summed E-state index contributed by atoms with van der Waals surface area (Å²) >= 11 is 8.70. The van der Waals surface area contributed by atoms with Gasteiger partial charge in [0.1, 0.15) is 16.3 Å². The van der Waals surface area contributed by atoms with Crippen LogP contribution in [0.5, 0.6) is 0 Å². The maximum atomic E-state index is 13.4. The van der Waals surface area contributed by atoms with E-state index in [-0.39, 0.29) is 11.7 Å². The Morgan fingerprint density at radius 3 is 2.68 bits per heavy atom. The van der Waals surface area contributed by atoms with E-state index in [1.165, 1.54) is 12.1 Å². The first-order valence-electron chi connectivity index (χ1n) is 5.96. The van der Waals surface area contributed by atoms with Gasteiger partial charge in [-0.1, -0.05) is 32.1 Å². The standard InChI is InChI=1S/C14H14BrFN2S/c1-7(2)12-11(15)14(19)18-13(17-12)10-6-9(16)5-4-8(10)3/h4-7H,1-3H3,(H,17,18,19). The maximum Gasteiger partial charge on any atom is 0.144 e. The lowest BCUT2D eigenvalue weighted by molar-refractivity contribution is 0.627. The third kappa shape index (κ3) is 2.92. The molecule has 0 saturated heterocycles. The van der Waals surface area contributed by atoms with Crippen molar-refractivity contribution < 1.29 is 4.39 Å². The minimum absolute atomic E-state index is 0.270. The van der Waals surface area contributed by atoms with Crippen LogP contribution in [-0.4, -0.2) is 9.97 Å². The summed E-state index contributed by atoms with van der Waals surface area (Å²) in [5.41, 5.74) is 2.66. The average molecular weight is 341 g/mol. The van der Waals surface area contributed by atoms with E-state index in [0.717, 1.165) is 21.3 Å². The normalized spacial score (nSPS) is 11.1. The summed E-state index contributed by atoms with van der Waals surface area (Å²) < 4.78 is 14.7. The largest absolute Gasteiger partial charge is 0.342 e. The van der Waals surface area contributed by atoms with E-state index < -0.39 is 0 Å². The third-order valence-electron chi connectivity index (χ3n) is 2.92. The lowest BCUT2D eigenvalue weighted by Gasteiger charge is -2.12. The van der Waals surface area contributed by atoms with Crippen molar-refractivity contribution in [3.05, 3.63) is 44.4 Å². The van der Waals surface area contributed by atoms with Crippen LogP contribution in [0.4, 0.5) is 4.39 Å². The van der Waals surface area contributed by atoms with Gasteiger partial charge in [-0.05, 0) is 46.5 Å². The number of aromatic nitrogens is 2. The highest BCUT2D eigenvalue weighted by molar-refractivity contribution is 9.10. The van der Waals surface area contributed by atoms with Crippen molar-refractivity contribution in [3.8, 4) is 11.4 Å². The topological polar surface area (TPSA) is 28.7 Å². The van der Waals surface area contributed by atoms with Crippen molar-refractivity contribution in [2.75, 3.05) is 0 Å². The van der Waals surface area contributed by atoms with Gasteiger partial charge in [-0.2, -0.15) is 0 Å². The average Bonchev–Trinajstić information content (AvgIpc) is 2.35. The molecule has 1 aromatic heterocycles. The van der Waals surface area contributed by atoms with E-state index in [1.54, 1.807) is 6.07 Å². The van der Waals surface area contributed by atoms with Gasteiger partial charge in [0.05, 0.1) is 4.47 Å². The maximum absolute atomic E-state index is 13.4. The van der Waals surface area contributed by atoms with Crippen LogP contribution in [0.2, 0.25) is 0 Å². The van der Waals surface area contributed by atoms with Gasteiger partial charge in [0.15, 0.2) is 0 Å². The molecule has 2 nitrogen and oxygen atoms in total. The highest BCUT2D eigenvalue weighted by Gasteiger charge is 2.12. The summed E-state index contributed by atoms with van der Waals surface area (Å²) in [6.07, 6.45) is 0. The molecular formula is C14H14BrFN2S. The summed E-state index contributed by atoms with van der Waals surface area (Å²) in [7, 11) is 0. The zero-order valence-electron chi connectivity index (χ0n) is 10.9. The smallest absolute Gasteiger partial charge is 0.144 e. The van der Waals surface area contributed by atoms with Gasteiger partial charge < -0.3 is 4.98 Å². The van der Waals surface area contributed by atoms with Crippen molar-refractivity contribution in [1.29, 1.82) is 0 Å². The van der Waals surface area contributed by atoms with E-state index in [4.69, 9.17) is 12.2 Å². The van der Waals surface area contributed by atoms with Gasteiger partial charge in [0.25, 0.3) is 0 Å². The minimum Gasteiger partial charge on any atom is -0.342 e. The number of nitrogens with zero attached hydrogens (tertiary/aromatic N) is 1. The lowest BCUT2D eigenvalue weighted by atomic mass is 10.1. The van der Waals surface area contributed by atoms with Crippen molar-refractivity contribution >= 4 is 28.1 Å². The zero-order valence-corrected chi connectivity index (χ0v) is 13.3. The molecule has 0 fully saturated rings. The Morgan fingerprint density at radius 1 is 1.37 bits per heavy atom. The summed E-state index contributed by atoms with van der Waals surface area (Å²) in [5, 5.41) is 0. The van der Waals surface area contributed by atoms with Gasteiger partial charge in [-0.3, -0.25) is 0 Å². The number of aromatic amines is 1. The number of rotatable bonds is 2. The van der Waals surface area contributed by atoms with Crippen LogP contribution in [0.1, 0.15) is 31.0 Å². The van der Waals surface area contributed by atoms with Gasteiger partial charge in [0, 0.05) is 11.3 Å². The molecule has 0 atom stereocenters. The number of H-pyrrole nitrogens is 1. The SMILES string of the molecule is Cc1ccc(F)cc1-c1nc(=S)c(Br)c(C(C)C)[nH]1. The monoisotopic (exact) mass is 340 g/mol. The number of aryl methyl sites for hydroxylation is 1. The fourth-order valence-corrected chi connectivity index (χ4v) is 2.70. The third-order valence-corrected chi connectivity index (χ3v) is 4.28. The summed E-state index contributed by atoms with van der Waals surface area (Å²) in [6.45, 7) is 6.05. The van der Waals surface area contributed by atoms with Crippen LogP contribution >= 0.6 is 28.1 Å². The minimum atomic E-state index is -0.282. The quantitative estimate of drug-likeness (QED) is 0.766. The molecule has 0 aliphatic carbocycles. The molecule has 100 valence electrons. The fourth-order valence-electron chi connectivity index (χ4n) is 1.85. The number of hydrogen-bond acceptors (Lipinski definition) is 2. The lowest BCUT2D eigenvalue weighted by Crippen LogP contribution is -2.01. The molecule has 0 unspecified atom stereocenters. The molecule has 2 rings (SSSR count). The van der Waals surface area contributed by atoms with E-state index in [9.17, 15) is 4.39 Å². The van der Waals surface area contributed by atoms with Crippen molar-refractivity contribution in [1.82, 2.24) is 9.97 Å². The second kappa shape index (κ2) is 5.51. The van der Waals surface area contributed by atoms with E-state index in [2.05, 4.69) is 39.7 Å². The number of nitrogens with one attached hydrogen (secondary N) is 1. The second-order valence-corrected chi connectivity index (χ2v) is 5.91. The Morgan fingerprint density at radius 2 is 2.05 bits per heavy atom. The predicted octanol–water partition coefficient (Wildman–Crippen LogP) is 5.14. The second-order valence-electron chi connectivity index (χ2n) is 4.73. The molecule has 1 N–H and O–H groups in total. The Hall–Kier alpha value is -1.07. The zero-order chi connectivity index (χ0) is 14.2. The molecule has 0 aliphatic rings. The summed E-state index contributed by atoms with van der Waals surface area (Å²) in [4.78, 5) is 7.58. The Kier molecular flexibility index (Phi) is 4.16. The predicted molar refractivity (Wildman–Crippen MR) is 81.3 cm³/mol. The number of hydrogen-bond donors (Lipinski definition) is 1. The first-order valence-corrected chi connectivity index (χ1v) is 7.16. The van der Waals surface area contributed by atoms with E-state index >= 15 is 0 Å². The van der Waals surface area contributed by atoms with E-state index in [0.29, 0.717) is 10.5 Å². The molecule has 0 saturated carbocycles. The van der Waals surface area contributed by atoms with Gasteiger partial charge in [0.2, 0.25) is 0 Å². The highest BCUT2D eigenvalue weighted by atomic mass is 79.9. The molecule has 5 heteroatoms. The fraction of sp³-hybridized carbons (Fsp3) is 0.286. The van der Waals surface area contributed by atoms with E-state index in [1.807, 2.05) is 6.92 Å². The summed E-state index contributed by atoms with van der Waals surface area (Å²) in [5.74, 6) is 0.594. The van der Waals surface area contributed by atoms with Gasteiger partial charge in [-0.25, -0.2) is 9.37 Å². The van der Waals surface area contributed by atoms with Crippen LogP contribution in [-0.2, 0) is 0 Å². The molecule has 0 amide bonds. The molecule has 1 aromatic carbocycles. The van der Waals surface area contributed by atoms with Crippen LogP contribution in [0.3, 0.4) is 0 Å². The molecule has 0 bridgehead atoms. The van der Waals surface area contributed by atoms with Crippen LogP contribution < -0.4 is 0 Å².